The molecule has 0 aliphatic heterocycles. The average molecular weight is 241 g/mol. The normalized spacial score (nSPS) is 9.56. The van der Waals surface area contributed by atoms with E-state index >= 15 is 0 Å². The number of pyridine rings is 1. The average Bonchev–Trinajstić information content (AvgIpc) is 2.41. The van der Waals surface area contributed by atoms with E-state index in [-0.39, 0.29) is 16.9 Å². The molecule has 1 aromatic heterocycles. The summed E-state index contributed by atoms with van der Waals surface area (Å²) >= 11 is 0. The lowest BCUT2D eigenvalue weighted by Gasteiger charge is -2.05. The van der Waals surface area contributed by atoms with Crippen molar-refractivity contribution in [3.05, 3.63) is 59.7 Å². The third-order valence-electron chi connectivity index (χ3n) is 2.26. The number of rotatable bonds is 2. The monoisotopic (exact) mass is 241 g/mol. The molecule has 0 bridgehead atoms. The summed E-state index contributed by atoms with van der Waals surface area (Å²) in [5.41, 5.74) is 0.585. The van der Waals surface area contributed by atoms with Gasteiger partial charge in [0.15, 0.2) is 0 Å². The van der Waals surface area contributed by atoms with Gasteiger partial charge in [-0.2, -0.15) is 5.26 Å². The molecule has 0 saturated heterocycles. The van der Waals surface area contributed by atoms with Crippen LogP contribution in [-0.4, -0.2) is 10.9 Å². The van der Waals surface area contributed by atoms with Crippen LogP contribution in [0.25, 0.3) is 0 Å². The molecule has 1 aromatic carbocycles. The quantitative estimate of drug-likeness (QED) is 0.877. The lowest BCUT2D eigenvalue weighted by atomic mass is 10.2. The minimum Gasteiger partial charge on any atom is -0.319 e. The van der Waals surface area contributed by atoms with E-state index < -0.39 is 11.7 Å². The van der Waals surface area contributed by atoms with Gasteiger partial charge in [-0.05, 0) is 24.3 Å². The topological polar surface area (TPSA) is 65.8 Å². The molecule has 4 nitrogen and oxygen atoms in total. The van der Waals surface area contributed by atoms with Gasteiger partial charge in [0.05, 0.1) is 11.3 Å². The van der Waals surface area contributed by atoms with E-state index in [1.807, 2.05) is 6.07 Å². The number of halogens is 1. The highest BCUT2D eigenvalue weighted by Gasteiger charge is 2.09. The molecule has 88 valence electrons. The van der Waals surface area contributed by atoms with Crippen molar-refractivity contribution in [3.63, 3.8) is 0 Å². The Morgan fingerprint density at radius 1 is 1.28 bits per heavy atom. The van der Waals surface area contributed by atoms with Crippen LogP contribution in [0, 0.1) is 17.1 Å². The molecule has 2 aromatic rings. The lowest BCUT2D eigenvalue weighted by Crippen LogP contribution is -2.13. The Labute approximate surface area is 103 Å². The van der Waals surface area contributed by atoms with Gasteiger partial charge in [-0.3, -0.25) is 4.79 Å². The van der Waals surface area contributed by atoms with Gasteiger partial charge in [0, 0.05) is 6.20 Å². The maximum absolute atomic E-state index is 13.3. The third kappa shape index (κ3) is 2.50. The number of carbonyl (C=O) groups excluding carboxylic acids is 1. The van der Waals surface area contributed by atoms with E-state index in [1.165, 1.54) is 36.5 Å². The lowest BCUT2D eigenvalue weighted by molar-refractivity contribution is 0.102. The summed E-state index contributed by atoms with van der Waals surface area (Å²) in [6.45, 7) is 0. The molecule has 1 amide bonds. The first-order valence-corrected chi connectivity index (χ1v) is 5.13. The van der Waals surface area contributed by atoms with Crippen LogP contribution in [0.15, 0.2) is 42.6 Å². The maximum Gasteiger partial charge on any atom is 0.257 e. The predicted molar refractivity (Wildman–Crippen MR) is 63.3 cm³/mol. The largest absolute Gasteiger partial charge is 0.319 e. The fourth-order valence-electron chi connectivity index (χ4n) is 1.35. The van der Waals surface area contributed by atoms with Crippen LogP contribution in [0.2, 0.25) is 0 Å². The van der Waals surface area contributed by atoms with Crippen molar-refractivity contribution >= 4 is 11.6 Å². The summed E-state index contributed by atoms with van der Waals surface area (Å²) in [5, 5.41) is 11.0. The number of amides is 1. The van der Waals surface area contributed by atoms with Gasteiger partial charge in [-0.25, -0.2) is 9.37 Å². The first-order chi connectivity index (χ1) is 8.70. The van der Waals surface area contributed by atoms with Gasteiger partial charge < -0.3 is 5.32 Å². The first-order valence-electron chi connectivity index (χ1n) is 5.13. The zero-order valence-corrected chi connectivity index (χ0v) is 9.22. The van der Waals surface area contributed by atoms with Crippen LogP contribution in [-0.2, 0) is 0 Å². The number of benzene rings is 1. The van der Waals surface area contributed by atoms with Crippen LogP contribution in [0.3, 0.4) is 0 Å². The van der Waals surface area contributed by atoms with Crippen LogP contribution in [0.5, 0.6) is 0 Å². The number of carbonyl (C=O) groups is 1. The van der Waals surface area contributed by atoms with Crippen molar-refractivity contribution in [1.82, 2.24) is 4.98 Å². The highest BCUT2D eigenvalue weighted by Crippen LogP contribution is 2.13. The van der Waals surface area contributed by atoms with E-state index in [9.17, 15) is 9.18 Å². The van der Waals surface area contributed by atoms with Crippen molar-refractivity contribution in [2.24, 2.45) is 0 Å². The highest BCUT2D eigenvalue weighted by atomic mass is 19.1. The zero-order valence-electron chi connectivity index (χ0n) is 9.22. The van der Waals surface area contributed by atoms with E-state index in [1.54, 1.807) is 6.07 Å². The summed E-state index contributed by atoms with van der Waals surface area (Å²) < 4.78 is 13.3. The Morgan fingerprint density at radius 2 is 2.06 bits per heavy atom. The number of nitrogens with zero attached hydrogens (tertiary/aromatic N) is 2. The van der Waals surface area contributed by atoms with Crippen LogP contribution >= 0.6 is 0 Å². The summed E-state index contributed by atoms with van der Waals surface area (Å²) in [6, 6.07) is 10.6. The van der Waals surface area contributed by atoms with Crippen LogP contribution in [0.4, 0.5) is 10.1 Å². The molecule has 0 aliphatic rings. The van der Waals surface area contributed by atoms with Gasteiger partial charge in [0.2, 0.25) is 0 Å². The second-order valence-corrected chi connectivity index (χ2v) is 3.48. The second kappa shape index (κ2) is 5.06. The fourth-order valence-corrected chi connectivity index (χ4v) is 1.35. The number of hydrogen-bond acceptors (Lipinski definition) is 3. The Kier molecular flexibility index (Phi) is 3.30. The standard InChI is InChI=1S/C13H8FN3O/c14-11-3-1-2-4-12(11)17-13(18)9-5-6-10(7-15)16-8-9/h1-6,8H,(H,17,18). The maximum atomic E-state index is 13.3. The minimum atomic E-state index is -0.507. The minimum absolute atomic E-state index is 0.104. The third-order valence-corrected chi connectivity index (χ3v) is 2.26. The molecule has 1 heterocycles. The summed E-state index contributed by atoms with van der Waals surface area (Å²) in [6.07, 6.45) is 1.27. The molecule has 0 fully saturated rings. The van der Waals surface area contributed by atoms with Gasteiger partial charge >= 0.3 is 0 Å². The van der Waals surface area contributed by atoms with Gasteiger partial charge in [-0.15, -0.1) is 0 Å². The van der Waals surface area contributed by atoms with Crippen molar-refractivity contribution in [2.45, 2.75) is 0 Å². The molecular formula is C13H8FN3O. The zero-order chi connectivity index (χ0) is 13.0. The molecular weight excluding hydrogens is 233 g/mol. The molecule has 0 atom stereocenters. The summed E-state index contributed by atoms with van der Waals surface area (Å²) in [7, 11) is 0. The number of anilines is 1. The number of hydrogen-bond donors (Lipinski definition) is 1. The highest BCUT2D eigenvalue weighted by molar-refractivity contribution is 6.04. The smallest absolute Gasteiger partial charge is 0.257 e. The van der Waals surface area contributed by atoms with Crippen molar-refractivity contribution in [3.8, 4) is 6.07 Å². The number of nitriles is 1. The van der Waals surface area contributed by atoms with E-state index in [4.69, 9.17) is 5.26 Å². The Morgan fingerprint density at radius 3 is 2.67 bits per heavy atom. The molecule has 0 aliphatic carbocycles. The Bertz CT molecular complexity index is 617. The Balaban J connectivity index is 2.17. The Hall–Kier alpha value is -2.74. The van der Waals surface area contributed by atoms with Crippen LogP contribution in [0.1, 0.15) is 16.1 Å². The van der Waals surface area contributed by atoms with E-state index in [2.05, 4.69) is 10.3 Å². The molecule has 0 radical (unpaired) electrons. The van der Waals surface area contributed by atoms with Gasteiger partial charge in [0.1, 0.15) is 17.6 Å². The van der Waals surface area contributed by atoms with Crippen LogP contribution < -0.4 is 5.32 Å². The van der Waals surface area contributed by atoms with Crippen molar-refractivity contribution in [2.75, 3.05) is 5.32 Å². The predicted octanol–water partition coefficient (Wildman–Crippen LogP) is 2.34. The first kappa shape index (κ1) is 11.7. The molecule has 5 heteroatoms. The second-order valence-electron chi connectivity index (χ2n) is 3.48. The fraction of sp³-hybridized carbons (Fsp3) is 0. The van der Waals surface area contributed by atoms with E-state index in [0.717, 1.165) is 0 Å². The summed E-state index contributed by atoms with van der Waals surface area (Å²) in [5.74, 6) is -0.982. The van der Waals surface area contributed by atoms with Crippen molar-refractivity contribution in [1.29, 1.82) is 5.26 Å². The molecule has 0 unspecified atom stereocenters. The number of para-hydroxylation sites is 1. The van der Waals surface area contributed by atoms with E-state index in [0.29, 0.717) is 0 Å². The molecule has 0 saturated carbocycles. The number of nitrogens with one attached hydrogen (secondary N) is 1. The van der Waals surface area contributed by atoms with Gasteiger partial charge in [0.25, 0.3) is 5.91 Å². The molecule has 0 spiro atoms. The molecule has 2 rings (SSSR count). The summed E-state index contributed by atoms with van der Waals surface area (Å²) in [4.78, 5) is 15.5. The molecule has 18 heavy (non-hydrogen) atoms. The number of aromatic nitrogens is 1. The van der Waals surface area contributed by atoms with Crippen molar-refractivity contribution < 1.29 is 9.18 Å². The SMILES string of the molecule is N#Cc1ccc(C(=O)Nc2ccccc2F)cn1. The van der Waals surface area contributed by atoms with Gasteiger partial charge in [-0.1, -0.05) is 12.1 Å². The molecule has 1 N–H and O–H groups in total.